The lowest BCUT2D eigenvalue weighted by molar-refractivity contribution is -0.145. The number of allylic oxidation sites excluding steroid dienone is 2. The van der Waals surface area contributed by atoms with E-state index in [-0.39, 0.29) is 11.8 Å². The third kappa shape index (κ3) is 1.67. The van der Waals surface area contributed by atoms with Crippen molar-refractivity contribution in [2.24, 2.45) is 11.8 Å². The number of nitrogens with zero attached hydrogens (tertiary/aromatic N) is 1. The van der Waals surface area contributed by atoms with Gasteiger partial charge in [0.15, 0.2) is 0 Å². The molecule has 1 aromatic rings. The van der Waals surface area contributed by atoms with Crippen molar-refractivity contribution in [2.45, 2.75) is 24.3 Å². The number of aliphatic carboxylic acids is 1. The quantitative estimate of drug-likeness (QED) is 0.862. The summed E-state index contributed by atoms with van der Waals surface area (Å²) in [6.07, 6.45) is 7.38. The minimum absolute atomic E-state index is 0.310. The van der Waals surface area contributed by atoms with E-state index in [1.165, 1.54) is 4.90 Å². The molecule has 24 heavy (non-hydrogen) atoms. The molecule has 1 heterocycles. The lowest BCUT2D eigenvalue weighted by Crippen LogP contribution is -2.45. The van der Waals surface area contributed by atoms with Crippen LogP contribution in [-0.4, -0.2) is 33.3 Å². The number of carbonyl (C=O) groups is 3. The standard InChI is InChI=1S/C19H17NO4/c1-18(11-14(18)16(22)23)20-15(21)13-9-5-6-10-19(13,17(20)24)12-7-3-2-4-8-12/h2-10,13-14H,11H2,1H3,(H,22,23). The molecular formula is C19H17NO4. The van der Waals surface area contributed by atoms with Crippen molar-refractivity contribution in [1.82, 2.24) is 4.90 Å². The zero-order chi connectivity index (χ0) is 17.1. The molecule has 2 aliphatic carbocycles. The molecule has 122 valence electrons. The molecule has 0 bridgehead atoms. The molecule has 1 aliphatic heterocycles. The molecule has 1 saturated heterocycles. The molecule has 2 fully saturated rings. The highest BCUT2D eigenvalue weighted by Crippen LogP contribution is 2.55. The first-order valence-electron chi connectivity index (χ1n) is 7.96. The van der Waals surface area contributed by atoms with Gasteiger partial charge in [-0.2, -0.15) is 0 Å². The molecule has 5 nitrogen and oxygen atoms in total. The van der Waals surface area contributed by atoms with Gasteiger partial charge in [-0.15, -0.1) is 0 Å². The molecule has 4 atom stereocenters. The Bertz CT molecular complexity index is 812. The number of carbonyl (C=O) groups excluding carboxylic acids is 2. The number of rotatable bonds is 3. The highest BCUT2D eigenvalue weighted by molar-refractivity contribution is 6.14. The predicted molar refractivity (Wildman–Crippen MR) is 85.9 cm³/mol. The lowest BCUT2D eigenvalue weighted by Gasteiger charge is -2.30. The first-order chi connectivity index (χ1) is 11.4. The van der Waals surface area contributed by atoms with Gasteiger partial charge in [0.2, 0.25) is 11.8 Å². The van der Waals surface area contributed by atoms with Gasteiger partial charge in [-0.1, -0.05) is 54.6 Å². The van der Waals surface area contributed by atoms with Crippen LogP contribution in [0.2, 0.25) is 0 Å². The maximum atomic E-state index is 13.4. The number of benzene rings is 1. The number of hydrogen-bond acceptors (Lipinski definition) is 3. The van der Waals surface area contributed by atoms with Crippen molar-refractivity contribution >= 4 is 17.8 Å². The summed E-state index contributed by atoms with van der Waals surface area (Å²) in [5.74, 6) is -2.91. The Morgan fingerprint density at radius 3 is 2.54 bits per heavy atom. The van der Waals surface area contributed by atoms with Crippen LogP contribution in [0.25, 0.3) is 0 Å². The average molecular weight is 323 g/mol. The van der Waals surface area contributed by atoms with Crippen molar-refractivity contribution in [3.63, 3.8) is 0 Å². The number of amides is 2. The lowest BCUT2D eigenvalue weighted by atomic mass is 9.69. The summed E-state index contributed by atoms with van der Waals surface area (Å²) < 4.78 is 0. The smallest absolute Gasteiger partial charge is 0.308 e. The molecule has 0 spiro atoms. The second-order valence-corrected chi connectivity index (χ2v) is 6.89. The molecular weight excluding hydrogens is 306 g/mol. The number of carboxylic acid groups (broad SMARTS) is 1. The van der Waals surface area contributed by atoms with Gasteiger partial charge in [0, 0.05) is 0 Å². The van der Waals surface area contributed by atoms with Gasteiger partial charge in [0.05, 0.1) is 17.4 Å². The predicted octanol–water partition coefficient (Wildman–Crippen LogP) is 1.90. The molecule has 0 radical (unpaired) electrons. The number of carboxylic acids is 1. The Morgan fingerprint density at radius 2 is 1.92 bits per heavy atom. The van der Waals surface area contributed by atoms with Crippen molar-refractivity contribution in [1.29, 1.82) is 0 Å². The number of likely N-dealkylation sites (tertiary alicyclic amines) is 1. The molecule has 4 unspecified atom stereocenters. The van der Waals surface area contributed by atoms with Gasteiger partial charge >= 0.3 is 5.97 Å². The van der Waals surface area contributed by atoms with E-state index < -0.39 is 28.8 Å². The molecule has 4 rings (SSSR count). The fourth-order valence-electron chi connectivity index (χ4n) is 4.10. The minimum atomic E-state index is -1.07. The number of fused-ring (bicyclic) bond motifs is 1. The maximum absolute atomic E-state index is 13.4. The van der Waals surface area contributed by atoms with Crippen molar-refractivity contribution in [3.8, 4) is 0 Å². The largest absolute Gasteiger partial charge is 0.481 e. The summed E-state index contributed by atoms with van der Waals surface area (Å²) in [5, 5.41) is 9.28. The molecule has 0 aromatic heterocycles. The van der Waals surface area contributed by atoms with Gasteiger partial charge in [-0.3, -0.25) is 19.3 Å². The van der Waals surface area contributed by atoms with Crippen LogP contribution in [0, 0.1) is 11.8 Å². The molecule has 1 saturated carbocycles. The molecule has 2 amide bonds. The fraction of sp³-hybridized carbons (Fsp3) is 0.316. The third-order valence-electron chi connectivity index (χ3n) is 5.58. The average Bonchev–Trinajstić information content (AvgIpc) is 3.21. The van der Waals surface area contributed by atoms with Crippen LogP contribution in [0.15, 0.2) is 54.6 Å². The van der Waals surface area contributed by atoms with E-state index in [4.69, 9.17) is 0 Å². The van der Waals surface area contributed by atoms with Crippen LogP contribution in [0.4, 0.5) is 0 Å². The molecule has 3 aliphatic rings. The second-order valence-electron chi connectivity index (χ2n) is 6.89. The van der Waals surface area contributed by atoms with Gasteiger partial charge in [-0.25, -0.2) is 0 Å². The zero-order valence-corrected chi connectivity index (χ0v) is 13.2. The Hall–Kier alpha value is -2.69. The molecule has 1 aromatic carbocycles. The van der Waals surface area contributed by atoms with Crippen LogP contribution < -0.4 is 0 Å². The van der Waals surface area contributed by atoms with Gasteiger partial charge in [-0.05, 0) is 18.9 Å². The first-order valence-corrected chi connectivity index (χ1v) is 7.96. The van der Waals surface area contributed by atoms with E-state index in [1.807, 2.05) is 30.3 Å². The summed E-state index contributed by atoms with van der Waals surface area (Å²) in [5.41, 5.74) is -1.24. The van der Waals surface area contributed by atoms with Crippen molar-refractivity contribution < 1.29 is 19.5 Å². The molecule has 5 heteroatoms. The van der Waals surface area contributed by atoms with Gasteiger partial charge < -0.3 is 5.11 Å². The topological polar surface area (TPSA) is 74.7 Å². The monoisotopic (exact) mass is 323 g/mol. The minimum Gasteiger partial charge on any atom is -0.481 e. The van der Waals surface area contributed by atoms with Crippen LogP contribution in [0.1, 0.15) is 18.9 Å². The van der Waals surface area contributed by atoms with Crippen LogP contribution in [0.5, 0.6) is 0 Å². The van der Waals surface area contributed by atoms with E-state index in [1.54, 1.807) is 31.2 Å². The van der Waals surface area contributed by atoms with Gasteiger partial charge in [0.1, 0.15) is 5.41 Å². The summed E-state index contributed by atoms with van der Waals surface area (Å²) >= 11 is 0. The summed E-state index contributed by atoms with van der Waals surface area (Å²) in [6.45, 7) is 1.69. The normalized spacial score (nSPS) is 36.8. The highest BCUT2D eigenvalue weighted by Gasteiger charge is 2.69. The fourth-order valence-corrected chi connectivity index (χ4v) is 4.10. The Morgan fingerprint density at radius 1 is 1.21 bits per heavy atom. The summed E-state index contributed by atoms with van der Waals surface area (Å²) in [6, 6.07) is 9.22. The SMILES string of the molecule is CC1(N2C(=O)C3C=CC=CC3(c3ccccc3)C2=O)CC1C(=O)O. The van der Waals surface area contributed by atoms with Crippen LogP contribution in [0.3, 0.4) is 0 Å². The number of hydrogen-bond donors (Lipinski definition) is 1. The van der Waals surface area contributed by atoms with E-state index in [0.29, 0.717) is 6.42 Å². The zero-order valence-electron chi connectivity index (χ0n) is 13.2. The Kier molecular flexibility index (Phi) is 2.89. The summed E-state index contributed by atoms with van der Waals surface area (Å²) in [7, 11) is 0. The van der Waals surface area contributed by atoms with E-state index in [2.05, 4.69) is 0 Å². The Balaban J connectivity index is 1.84. The van der Waals surface area contributed by atoms with Gasteiger partial charge in [0.25, 0.3) is 0 Å². The highest BCUT2D eigenvalue weighted by atomic mass is 16.4. The Labute approximate surface area is 139 Å². The number of imide groups is 1. The van der Waals surface area contributed by atoms with Crippen LogP contribution >= 0.6 is 0 Å². The second kappa shape index (κ2) is 4.66. The van der Waals surface area contributed by atoms with E-state index in [0.717, 1.165) is 5.56 Å². The van der Waals surface area contributed by atoms with E-state index >= 15 is 0 Å². The third-order valence-corrected chi connectivity index (χ3v) is 5.58. The van der Waals surface area contributed by atoms with Crippen LogP contribution in [-0.2, 0) is 19.8 Å². The van der Waals surface area contributed by atoms with Crippen molar-refractivity contribution in [3.05, 3.63) is 60.2 Å². The van der Waals surface area contributed by atoms with E-state index in [9.17, 15) is 19.5 Å². The molecule has 1 N–H and O–H groups in total. The first kappa shape index (κ1) is 14.9. The maximum Gasteiger partial charge on any atom is 0.308 e. The van der Waals surface area contributed by atoms with Crippen molar-refractivity contribution in [2.75, 3.05) is 0 Å². The summed E-state index contributed by atoms with van der Waals surface area (Å²) in [4.78, 5) is 38.9.